The van der Waals surface area contributed by atoms with Gasteiger partial charge in [-0.1, -0.05) is 12.1 Å². The summed E-state index contributed by atoms with van der Waals surface area (Å²) in [4.78, 5) is 4.41. The molecule has 0 saturated carbocycles. The van der Waals surface area contributed by atoms with Crippen LogP contribution in [0.4, 0.5) is 4.39 Å². The van der Waals surface area contributed by atoms with Gasteiger partial charge in [0.2, 0.25) is 0 Å². The molecule has 2 rings (SSSR count). The second kappa shape index (κ2) is 6.31. The molecule has 0 saturated heterocycles. The van der Waals surface area contributed by atoms with E-state index in [2.05, 4.69) is 10.3 Å². The molecule has 0 bridgehead atoms. The number of aryl methyl sites for hydroxylation is 1. The van der Waals surface area contributed by atoms with Crippen molar-refractivity contribution in [3.63, 3.8) is 0 Å². The maximum Gasteiger partial charge on any atom is 0.198 e. The fourth-order valence-corrected chi connectivity index (χ4v) is 1.77. The highest BCUT2D eigenvalue weighted by atomic mass is 19.1. The Hall–Kier alpha value is -1.68. The van der Waals surface area contributed by atoms with Crippen molar-refractivity contribution in [3.8, 4) is 0 Å². The van der Waals surface area contributed by atoms with E-state index in [-0.39, 0.29) is 5.82 Å². The normalized spacial score (nSPS) is 10.8. The topological polar surface area (TPSA) is 38.1 Å². The van der Waals surface area contributed by atoms with Crippen LogP contribution < -0.4 is 5.32 Å². The Morgan fingerprint density at radius 2 is 2.06 bits per heavy atom. The van der Waals surface area contributed by atoms with Crippen LogP contribution in [0.1, 0.15) is 23.6 Å². The molecule has 0 amide bonds. The Morgan fingerprint density at radius 3 is 2.78 bits per heavy atom. The number of rotatable bonds is 6. The lowest BCUT2D eigenvalue weighted by atomic mass is 10.1. The molecule has 0 spiro atoms. The van der Waals surface area contributed by atoms with E-state index in [4.69, 9.17) is 4.42 Å². The summed E-state index contributed by atoms with van der Waals surface area (Å²) in [5.74, 6) is 0.458. The van der Waals surface area contributed by atoms with Gasteiger partial charge < -0.3 is 9.73 Å². The summed E-state index contributed by atoms with van der Waals surface area (Å²) in [6.07, 6.45) is 4.26. The fourth-order valence-electron chi connectivity index (χ4n) is 1.77. The van der Waals surface area contributed by atoms with Gasteiger partial charge in [0.25, 0.3) is 0 Å². The Morgan fingerprint density at radius 1 is 1.28 bits per heavy atom. The molecule has 18 heavy (non-hydrogen) atoms. The highest BCUT2D eigenvalue weighted by Crippen LogP contribution is 2.11. The number of nitrogens with one attached hydrogen (secondary N) is 1. The van der Waals surface area contributed by atoms with Gasteiger partial charge in [0, 0.05) is 6.42 Å². The average molecular weight is 248 g/mol. The van der Waals surface area contributed by atoms with E-state index in [1.54, 1.807) is 18.4 Å². The number of oxazole rings is 1. The summed E-state index contributed by atoms with van der Waals surface area (Å²) in [7, 11) is 1.93. The van der Waals surface area contributed by atoms with E-state index in [9.17, 15) is 4.39 Å². The van der Waals surface area contributed by atoms with Crippen molar-refractivity contribution in [1.82, 2.24) is 10.3 Å². The first-order chi connectivity index (χ1) is 8.78. The van der Waals surface area contributed by atoms with Gasteiger partial charge in [0.1, 0.15) is 12.1 Å². The molecule has 0 fully saturated rings. The molecule has 0 aliphatic heterocycles. The first-order valence-corrected chi connectivity index (χ1v) is 6.10. The minimum absolute atomic E-state index is 0.223. The predicted molar refractivity (Wildman–Crippen MR) is 68.0 cm³/mol. The summed E-state index contributed by atoms with van der Waals surface area (Å²) >= 11 is 0. The summed E-state index contributed by atoms with van der Waals surface area (Å²) in [5, 5.41) is 3.10. The van der Waals surface area contributed by atoms with E-state index in [1.165, 1.54) is 12.1 Å². The van der Waals surface area contributed by atoms with E-state index in [0.717, 1.165) is 30.6 Å². The third-order valence-electron chi connectivity index (χ3n) is 2.73. The van der Waals surface area contributed by atoms with Crippen molar-refractivity contribution in [2.45, 2.75) is 19.3 Å². The first-order valence-electron chi connectivity index (χ1n) is 6.10. The zero-order valence-electron chi connectivity index (χ0n) is 10.4. The molecule has 0 atom stereocenters. The molecular formula is C14H17FN2O. The molecule has 0 unspecified atom stereocenters. The SMILES string of the molecule is CNCCCc1coc(Cc2ccc(F)cc2)n1. The van der Waals surface area contributed by atoms with Gasteiger partial charge in [0.15, 0.2) is 5.89 Å². The van der Waals surface area contributed by atoms with E-state index >= 15 is 0 Å². The van der Waals surface area contributed by atoms with Crippen molar-refractivity contribution < 1.29 is 8.81 Å². The van der Waals surface area contributed by atoms with Gasteiger partial charge in [-0.2, -0.15) is 0 Å². The molecule has 96 valence electrons. The van der Waals surface area contributed by atoms with Crippen LogP contribution in [0.5, 0.6) is 0 Å². The molecule has 1 aromatic heterocycles. The van der Waals surface area contributed by atoms with Crippen LogP contribution in [-0.2, 0) is 12.8 Å². The summed E-state index contributed by atoms with van der Waals surface area (Å²) < 4.78 is 18.2. The fraction of sp³-hybridized carbons (Fsp3) is 0.357. The van der Waals surface area contributed by atoms with Crippen LogP contribution in [0.2, 0.25) is 0 Å². The number of aromatic nitrogens is 1. The quantitative estimate of drug-likeness (QED) is 0.798. The smallest absolute Gasteiger partial charge is 0.198 e. The molecule has 3 nitrogen and oxygen atoms in total. The molecule has 2 aromatic rings. The highest BCUT2D eigenvalue weighted by Gasteiger charge is 2.05. The molecular weight excluding hydrogens is 231 g/mol. The zero-order valence-corrected chi connectivity index (χ0v) is 10.4. The monoisotopic (exact) mass is 248 g/mol. The number of hydrogen-bond acceptors (Lipinski definition) is 3. The van der Waals surface area contributed by atoms with Gasteiger partial charge in [-0.15, -0.1) is 0 Å². The predicted octanol–water partition coefficient (Wildman–Crippen LogP) is 2.56. The lowest BCUT2D eigenvalue weighted by Gasteiger charge is -1.97. The maximum atomic E-state index is 12.8. The summed E-state index contributed by atoms with van der Waals surface area (Å²) in [6, 6.07) is 6.40. The van der Waals surface area contributed by atoms with Gasteiger partial charge in [-0.3, -0.25) is 0 Å². The Bertz CT molecular complexity index is 479. The van der Waals surface area contributed by atoms with Crippen molar-refractivity contribution in [1.29, 1.82) is 0 Å². The van der Waals surface area contributed by atoms with Gasteiger partial charge >= 0.3 is 0 Å². The van der Waals surface area contributed by atoms with Crippen molar-refractivity contribution in [3.05, 3.63) is 53.5 Å². The zero-order chi connectivity index (χ0) is 12.8. The molecule has 1 heterocycles. The van der Waals surface area contributed by atoms with Crippen LogP contribution in [0, 0.1) is 5.82 Å². The molecule has 0 aliphatic carbocycles. The van der Waals surface area contributed by atoms with Gasteiger partial charge in [0.05, 0.1) is 5.69 Å². The Labute approximate surface area is 106 Å². The largest absolute Gasteiger partial charge is 0.448 e. The molecule has 1 N–H and O–H groups in total. The van der Waals surface area contributed by atoms with Gasteiger partial charge in [-0.25, -0.2) is 9.37 Å². The van der Waals surface area contributed by atoms with Crippen LogP contribution in [0.3, 0.4) is 0 Å². The third kappa shape index (κ3) is 3.67. The number of hydrogen-bond donors (Lipinski definition) is 1. The van der Waals surface area contributed by atoms with Crippen LogP contribution in [0.25, 0.3) is 0 Å². The summed E-state index contributed by atoms with van der Waals surface area (Å²) in [6.45, 7) is 0.972. The molecule has 1 aromatic carbocycles. The number of nitrogens with zero attached hydrogens (tertiary/aromatic N) is 1. The molecule has 0 aliphatic rings. The Balaban J connectivity index is 1.91. The van der Waals surface area contributed by atoms with E-state index < -0.39 is 0 Å². The minimum atomic E-state index is -0.223. The van der Waals surface area contributed by atoms with Crippen molar-refractivity contribution >= 4 is 0 Å². The van der Waals surface area contributed by atoms with Crippen LogP contribution >= 0.6 is 0 Å². The number of benzene rings is 1. The second-order valence-corrected chi connectivity index (χ2v) is 4.24. The average Bonchev–Trinajstić information content (AvgIpc) is 2.80. The Kier molecular flexibility index (Phi) is 4.47. The van der Waals surface area contributed by atoms with Crippen molar-refractivity contribution in [2.24, 2.45) is 0 Å². The highest BCUT2D eigenvalue weighted by molar-refractivity contribution is 5.19. The minimum Gasteiger partial charge on any atom is -0.448 e. The number of halogens is 1. The molecule has 0 radical (unpaired) electrons. The van der Waals surface area contributed by atoms with E-state index in [1.807, 2.05) is 7.05 Å². The van der Waals surface area contributed by atoms with Gasteiger partial charge in [-0.05, 0) is 44.1 Å². The second-order valence-electron chi connectivity index (χ2n) is 4.24. The standard InChI is InChI=1S/C14H17FN2O/c1-16-8-2-3-13-10-18-14(17-13)9-11-4-6-12(15)7-5-11/h4-7,10,16H,2-3,8-9H2,1H3. The lowest BCUT2D eigenvalue weighted by Crippen LogP contribution is -2.08. The first kappa shape index (κ1) is 12.8. The van der Waals surface area contributed by atoms with Crippen LogP contribution in [-0.4, -0.2) is 18.6 Å². The maximum absolute atomic E-state index is 12.8. The lowest BCUT2D eigenvalue weighted by molar-refractivity contribution is 0.506. The summed E-state index contributed by atoms with van der Waals surface area (Å²) in [5.41, 5.74) is 1.97. The van der Waals surface area contributed by atoms with Crippen molar-refractivity contribution in [2.75, 3.05) is 13.6 Å². The van der Waals surface area contributed by atoms with E-state index in [0.29, 0.717) is 12.3 Å². The van der Waals surface area contributed by atoms with Crippen LogP contribution in [0.15, 0.2) is 34.9 Å². The molecule has 4 heteroatoms. The third-order valence-corrected chi connectivity index (χ3v) is 2.73.